The minimum absolute atomic E-state index is 0.842. The van der Waals surface area contributed by atoms with Gasteiger partial charge in [0, 0.05) is 0 Å². The standard InChI is InChI=1S/C19H31NO2/c1-4-7-10-15-13-16(11-8-5-2)18(20-19(21)22)17(14-15)12-9-6-3/h13-14,20H,4-12H2,1-3H3,(H,21,22). The van der Waals surface area contributed by atoms with E-state index in [4.69, 9.17) is 5.11 Å². The van der Waals surface area contributed by atoms with Crippen LogP contribution in [0.4, 0.5) is 10.5 Å². The van der Waals surface area contributed by atoms with Gasteiger partial charge in [-0.3, -0.25) is 5.32 Å². The molecule has 0 radical (unpaired) electrons. The molecule has 124 valence electrons. The van der Waals surface area contributed by atoms with E-state index < -0.39 is 6.09 Å². The van der Waals surface area contributed by atoms with E-state index in [0.29, 0.717) is 0 Å². The zero-order chi connectivity index (χ0) is 16.4. The van der Waals surface area contributed by atoms with Crippen LogP contribution in [0.5, 0.6) is 0 Å². The highest BCUT2D eigenvalue weighted by atomic mass is 16.4. The maximum Gasteiger partial charge on any atom is 0.409 e. The first-order valence-corrected chi connectivity index (χ1v) is 8.76. The zero-order valence-electron chi connectivity index (χ0n) is 14.4. The fourth-order valence-electron chi connectivity index (χ4n) is 2.76. The number of hydrogen-bond acceptors (Lipinski definition) is 1. The summed E-state index contributed by atoms with van der Waals surface area (Å²) >= 11 is 0. The normalized spacial score (nSPS) is 10.7. The molecular weight excluding hydrogens is 274 g/mol. The number of anilines is 1. The van der Waals surface area contributed by atoms with Gasteiger partial charge in [0.2, 0.25) is 0 Å². The van der Waals surface area contributed by atoms with Crippen LogP contribution in [0, 0.1) is 0 Å². The van der Waals surface area contributed by atoms with Gasteiger partial charge < -0.3 is 5.11 Å². The molecule has 3 heteroatoms. The lowest BCUT2D eigenvalue weighted by Gasteiger charge is -2.17. The molecule has 22 heavy (non-hydrogen) atoms. The molecule has 1 amide bonds. The number of carboxylic acid groups (broad SMARTS) is 1. The fraction of sp³-hybridized carbons (Fsp3) is 0.632. The molecule has 1 rings (SSSR count). The minimum Gasteiger partial charge on any atom is -0.465 e. The molecule has 0 saturated carbocycles. The highest BCUT2D eigenvalue weighted by Crippen LogP contribution is 2.28. The lowest BCUT2D eigenvalue weighted by atomic mass is 9.94. The quantitative estimate of drug-likeness (QED) is 0.573. The number of rotatable bonds is 10. The molecule has 0 bridgehead atoms. The molecule has 0 spiro atoms. The Bertz CT molecular complexity index is 439. The van der Waals surface area contributed by atoms with E-state index in [2.05, 4.69) is 38.2 Å². The second-order valence-electron chi connectivity index (χ2n) is 6.03. The van der Waals surface area contributed by atoms with E-state index in [1.54, 1.807) is 0 Å². The van der Waals surface area contributed by atoms with Gasteiger partial charge in [-0.25, -0.2) is 4.79 Å². The largest absolute Gasteiger partial charge is 0.465 e. The van der Waals surface area contributed by atoms with Crippen LogP contribution >= 0.6 is 0 Å². The molecule has 0 fully saturated rings. The average Bonchev–Trinajstić information content (AvgIpc) is 2.50. The number of benzene rings is 1. The maximum absolute atomic E-state index is 11.2. The predicted molar refractivity (Wildman–Crippen MR) is 93.9 cm³/mol. The van der Waals surface area contributed by atoms with Crippen LogP contribution in [0.15, 0.2) is 12.1 Å². The molecule has 0 aliphatic heterocycles. The van der Waals surface area contributed by atoms with Crippen LogP contribution < -0.4 is 5.32 Å². The average molecular weight is 305 g/mol. The summed E-state index contributed by atoms with van der Waals surface area (Å²) in [5.41, 5.74) is 4.54. The molecule has 2 N–H and O–H groups in total. The minimum atomic E-state index is -0.961. The summed E-state index contributed by atoms with van der Waals surface area (Å²) in [6, 6.07) is 4.43. The summed E-state index contributed by atoms with van der Waals surface area (Å²) in [5, 5.41) is 11.8. The fourth-order valence-corrected chi connectivity index (χ4v) is 2.76. The second-order valence-corrected chi connectivity index (χ2v) is 6.03. The van der Waals surface area contributed by atoms with Gasteiger partial charge in [0.05, 0.1) is 5.69 Å². The number of hydrogen-bond donors (Lipinski definition) is 2. The van der Waals surface area contributed by atoms with E-state index in [0.717, 1.165) is 50.6 Å². The molecule has 0 heterocycles. The first-order valence-electron chi connectivity index (χ1n) is 8.76. The second kappa shape index (κ2) is 10.3. The third kappa shape index (κ3) is 6.08. The van der Waals surface area contributed by atoms with Crippen molar-refractivity contribution in [2.45, 2.75) is 78.6 Å². The van der Waals surface area contributed by atoms with Gasteiger partial charge in [-0.1, -0.05) is 52.2 Å². The van der Waals surface area contributed by atoms with Crippen molar-refractivity contribution in [2.75, 3.05) is 5.32 Å². The van der Waals surface area contributed by atoms with Gasteiger partial charge in [-0.15, -0.1) is 0 Å². The zero-order valence-corrected chi connectivity index (χ0v) is 14.4. The first-order chi connectivity index (χ1) is 10.6. The molecule has 0 saturated heterocycles. The number of unbranched alkanes of at least 4 members (excludes halogenated alkanes) is 3. The van der Waals surface area contributed by atoms with Crippen LogP contribution in [0.2, 0.25) is 0 Å². The summed E-state index contributed by atoms with van der Waals surface area (Å²) in [7, 11) is 0. The van der Waals surface area contributed by atoms with E-state index in [9.17, 15) is 4.79 Å². The van der Waals surface area contributed by atoms with Gasteiger partial charge in [0.1, 0.15) is 0 Å². The van der Waals surface area contributed by atoms with Gasteiger partial charge >= 0.3 is 6.09 Å². The Morgan fingerprint density at radius 1 is 0.909 bits per heavy atom. The van der Waals surface area contributed by atoms with Crippen molar-refractivity contribution in [1.82, 2.24) is 0 Å². The molecule has 0 aromatic heterocycles. The van der Waals surface area contributed by atoms with Crippen molar-refractivity contribution in [1.29, 1.82) is 0 Å². The van der Waals surface area contributed by atoms with Crippen molar-refractivity contribution in [2.24, 2.45) is 0 Å². The van der Waals surface area contributed by atoms with Crippen LogP contribution in [-0.4, -0.2) is 11.2 Å². The Hall–Kier alpha value is -1.51. The van der Waals surface area contributed by atoms with Gasteiger partial charge in [-0.2, -0.15) is 0 Å². The number of aryl methyl sites for hydroxylation is 3. The van der Waals surface area contributed by atoms with Crippen molar-refractivity contribution in [3.63, 3.8) is 0 Å². The SMILES string of the molecule is CCCCc1cc(CCCC)c(NC(=O)O)c(CCCC)c1. The summed E-state index contributed by atoms with van der Waals surface area (Å²) in [5.74, 6) is 0. The van der Waals surface area contributed by atoms with Gasteiger partial charge in [0.15, 0.2) is 0 Å². The molecule has 0 unspecified atom stereocenters. The van der Waals surface area contributed by atoms with E-state index >= 15 is 0 Å². The van der Waals surface area contributed by atoms with Crippen LogP contribution in [0.25, 0.3) is 0 Å². The van der Waals surface area contributed by atoms with Crippen molar-refractivity contribution in [3.8, 4) is 0 Å². The molecule has 0 aliphatic carbocycles. The Labute approximate surface area is 135 Å². The summed E-state index contributed by atoms with van der Waals surface area (Å²) in [6.45, 7) is 6.54. The Kier molecular flexibility index (Phi) is 8.64. The van der Waals surface area contributed by atoms with E-state index in [-0.39, 0.29) is 0 Å². The van der Waals surface area contributed by atoms with E-state index in [1.165, 1.54) is 29.5 Å². The lowest BCUT2D eigenvalue weighted by Crippen LogP contribution is -2.13. The number of nitrogens with one attached hydrogen (secondary N) is 1. The molecule has 1 aromatic rings. The van der Waals surface area contributed by atoms with Gasteiger partial charge in [-0.05, 0) is 55.2 Å². The summed E-state index contributed by atoms with van der Waals surface area (Å²) < 4.78 is 0. The molecular formula is C19H31NO2. The lowest BCUT2D eigenvalue weighted by molar-refractivity contribution is 0.209. The Morgan fingerprint density at radius 2 is 1.36 bits per heavy atom. The van der Waals surface area contributed by atoms with Crippen molar-refractivity contribution >= 4 is 11.8 Å². The Balaban J connectivity index is 3.16. The molecule has 0 atom stereocenters. The molecule has 0 aliphatic rings. The number of carbonyl (C=O) groups is 1. The van der Waals surface area contributed by atoms with Crippen molar-refractivity contribution < 1.29 is 9.90 Å². The summed E-state index contributed by atoms with van der Waals surface area (Å²) in [6.07, 6.45) is 8.83. The third-order valence-corrected chi connectivity index (χ3v) is 4.01. The number of amides is 1. The third-order valence-electron chi connectivity index (χ3n) is 4.01. The van der Waals surface area contributed by atoms with Crippen molar-refractivity contribution in [3.05, 3.63) is 28.8 Å². The topological polar surface area (TPSA) is 49.3 Å². The van der Waals surface area contributed by atoms with E-state index in [1.807, 2.05) is 0 Å². The monoisotopic (exact) mass is 305 g/mol. The first kappa shape index (κ1) is 18.5. The van der Waals surface area contributed by atoms with Gasteiger partial charge in [0.25, 0.3) is 0 Å². The summed E-state index contributed by atoms with van der Waals surface area (Å²) in [4.78, 5) is 11.2. The van der Waals surface area contributed by atoms with Crippen LogP contribution in [0.1, 0.15) is 76.0 Å². The molecule has 1 aromatic carbocycles. The highest BCUT2D eigenvalue weighted by molar-refractivity contribution is 5.85. The maximum atomic E-state index is 11.2. The Morgan fingerprint density at radius 3 is 1.77 bits per heavy atom. The smallest absolute Gasteiger partial charge is 0.409 e. The molecule has 3 nitrogen and oxygen atoms in total. The predicted octanol–water partition coefficient (Wildman–Crippen LogP) is 5.80. The highest BCUT2D eigenvalue weighted by Gasteiger charge is 2.13. The van der Waals surface area contributed by atoms with Crippen LogP contribution in [0.3, 0.4) is 0 Å². The van der Waals surface area contributed by atoms with Crippen LogP contribution in [-0.2, 0) is 19.3 Å².